The van der Waals surface area contributed by atoms with Crippen LogP contribution in [0.4, 0.5) is 0 Å². The Labute approximate surface area is 99.2 Å². The first kappa shape index (κ1) is 13.2. The van der Waals surface area contributed by atoms with E-state index in [1.165, 1.54) is 38.5 Å². The third-order valence-corrected chi connectivity index (χ3v) is 5.63. The maximum absolute atomic E-state index is 3.77. The van der Waals surface area contributed by atoms with Crippen molar-refractivity contribution in [3.05, 3.63) is 0 Å². The summed E-state index contributed by atoms with van der Waals surface area (Å²) in [6.07, 6.45) is 8.10. The molecule has 0 heterocycles. The maximum atomic E-state index is 3.77. The fraction of sp³-hybridized carbons (Fsp3) is 1.00. The van der Waals surface area contributed by atoms with Gasteiger partial charge in [0.25, 0.3) is 0 Å². The van der Waals surface area contributed by atoms with E-state index in [4.69, 9.17) is 0 Å². The van der Waals surface area contributed by atoms with Crippen molar-refractivity contribution in [2.45, 2.75) is 61.1 Å². The average molecular weight is 347 g/mol. The Balaban J connectivity index is 3.39. The summed E-state index contributed by atoms with van der Waals surface area (Å²) in [6, 6.07) is 0. The average Bonchev–Trinajstić information content (AvgIpc) is 2.10. The SMILES string of the molecule is CCCC[C@@H](Br)[C@H](I)CCCC. The lowest BCUT2D eigenvalue weighted by Crippen LogP contribution is -2.13. The topological polar surface area (TPSA) is 0 Å². The van der Waals surface area contributed by atoms with E-state index in [1.807, 2.05) is 0 Å². The van der Waals surface area contributed by atoms with Crippen molar-refractivity contribution in [1.82, 2.24) is 0 Å². The molecule has 0 aromatic rings. The molecule has 0 bridgehead atoms. The van der Waals surface area contributed by atoms with Gasteiger partial charge in [-0.1, -0.05) is 78.1 Å². The third kappa shape index (κ3) is 6.70. The van der Waals surface area contributed by atoms with Gasteiger partial charge in [0, 0.05) is 8.75 Å². The second-order valence-electron chi connectivity index (χ2n) is 3.32. The smallest absolute Gasteiger partial charge is 0.0263 e. The predicted molar refractivity (Wildman–Crippen MR) is 69.6 cm³/mol. The second-order valence-corrected chi connectivity index (χ2v) is 6.09. The van der Waals surface area contributed by atoms with Crippen molar-refractivity contribution >= 4 is 38.5 Å². The van der Waals surface area contributed by atoms with E-state index in [0.29, 0.717) is 0 Å². The summed E-state index contributed by atoms with van der Waals surface area (Å²) in [7, 11) is 0. The number of alkyl halides is 2. The van der Waals surface area contributed by atoms with Crippen molar-refractivity contribution in [3.8, 4) is 0 Å². The van der Waals surface area contributed by atoms with Crippen LogP contribution in [0.1, 0.15) is 52.4 Å². The standard InChI is InChI=1S/C10H20BrI/c1-3-5-7-9(11)10(12)8-6-4-2/h9-10H,3-8H2,1-2H3/t9-,10-/m1/s1. The van der Waals surface area contributed by atoms with Gasteiger partial charge in [-0.15, -0.1) is 0 Å². The highest BCUT2D eigenvalue weighted by atomic mass is 127. The largest absolute Gasteiger partial charge is 0.0879 e. The van der Waals surface area contributed by atoms with E-state index < -0.39 is 0 Å². The minimum atomic E-state index is 0.740. The number of hydrogen-bond acceptors (Lipinski definition) is 0. The lowest BCUT2D eigenvalue weighted by molar-refractivity contribution is 0.627. The van der Waals surface area contributed by atoms with Gasteiger partial charge in [0.15, 0.2) is 0 Å². The first-order chi connectivity index (χ1) is 5.72. The van der Waals surface area contributed by atoms with E-state index in [9.17, 15) is 0 Å². The molecule has 0 spiro atoms. The molecule has 0 aromatic heterocycles. The number of rotatable bonds is 7. The Hall–Kier alpha value is 1.21. The maximum Gasteiger partial charge on any atom is 0.0263 e. The van der Waals surface area contributed by atoms with Crippen molar-refractivity contribution in [2.75, 3.05) is 0 Å². The first-order valence-corrected chi connectivity index (χ1v) is 7.16. The Kier molecular flexibility index (Phi) is 9.68. The van der Waals surface area contributed by atoms with Crippen LogP contribution in [0.15, 0.2) is 0 Å². The van der Waals surface area contributed by atoms with E-state index in [1.54, 1.807) is 0 Å². The van der Waals surface area contributed by atoms with Crippen LogP contribution >= 0.6 is 38.5 Å². The van der Waals surface area contributed by atoms with Gasteiger partial charge in [-0.25, -0.2) is 0 Å². The van der Waals surface area contributed by atoms with E-state index in [2.05, 4.69) is 52.4 Å². The molecule has 2 heteroatoms. The van der Waals surface area contributed by atoms with Crippen LogP contribution < -0.4 is 0 Å². The quantitative estimate of drug-likeness (QED) is 0.452. The van der Waals surface area contributed by atoms with Crippen molar-refractivity contribution in [2.24, 2.45) is 0 Å². The van der Waals surface area contributed by atoms with Crippen LogP contribution in [-0.4, -0.2) is 8.75 Å². The van der Waals surface area contributed by atoms with Gasteiger partial charge >= 0.3 is 0 Å². The van der Waals surface area contributed by atoms with E-state index >= 15 is 0 Å². The Bertz CT molecular complexity index is 83.8. The summed E-state index contributed by atoms with van der Waals surface area (Å²) >= 11 is 6.35. The summed E-state index contributed by atoms with van der Waals surface area (Å²) in [5.41, 5.74) is 0. The van der Waals surface area contributed by atoms with Crippen LogP contribution in [0, 0.1) is 0 Å². The molecule has 0 N–H and O–H groups in total. The fourth-order valence-corrected chi connectivity index (χ4v) is 2.55. The lowest BCUT2D eigenvalue weighted by Gasteiger charge is -2.15. The predicted octanol–water partition coefficient (Wildman–Crippen LogP) is 4.93. The minimum absolute atomic E-state index is 0.740. The van der Waals surface area contributed by atoms with Gasteiger partial charge in [0.05, 0.1) is 0 Å². The molecule has 0 aliphatic heterocycles. The van der Waals surface area contributed by atoms with Crippen LogP contribution in [-0.2, 0) is 0 Å². The molecule has 0 unspecified atom stereocenters. The van der Waals surface area contributed by atoms with Crippen molar-refractivity contribution in [3.63, 3.8) is 0 Å². The van der Waals surface area contributed by atoms with E-state index in [-0.39, 0.29) is 0 Å². The molecule has 0 nitrogen and oxygen atoms in total. The zero-order valence-corrected chi connectivity index (χ0v) is 11.9. The highest BCUT2D eigenvalue weighted by molar-refractivity contribution is 14.1. The summed E-state index contributed by atoms with van der Waals surface area (Å²) in [4.78, 5) is 0.740. The summed E-state index contributed by atoms with van der Waals surface area (Å²) in [5, 5.41) is 0. The first-order valence-electron chi connectivity index (χ1n) is 5.00. The van der Waals surface area contributed by atoms with E-state index in [0.717, 1.165) is 8.75 Å². The molecular formula is C10H20BrI. The molecule has 0 fully saturated rings. The normalized spacial score (nSPS) is 16.0. The van der Waals surface area contributed by atoms with Crippen LogP contribution in [0.5, 0.6) is 0 Å². The number of halogens is 2. The zero-order valence-electron chi connectivity index (χ0n) is 8.15. The molecule has 0 saturated heterocycles. The van der Waals surface area contributed by atoms with Gasteiger partial charge in [-0.3, -0.25) is 0 Å². The lowest BCUT2D eigenvalue weighted by atomic mass is 10.1. The van der Waals surface area contributed by atoms with Gasteiger partial charge in [0.1, 0.15) is 0 Å². The van der Waals surface area contributed by atoms with Gasteiger partial charge in [0.2, 0.25) is 0 Å². The molecule has 0 aliphatic carbocycles. The second kappa shape index (κ2) is 8.79. The Morgan fingerprint density at radius 2 is 1.58 bits per heavy atom. The summed E-state index contributed by atoms with van der Waals surface area (Å²) < 4.78 is 0.828. The van der Waals surface area contributed by atoms with Crippen LogP contribution in [0.2, 0.25) is 0 Å². The molecule has 0 radical (unpaired) electrons. The highest BCUT2D eigenvalue weighted by Gasteiger charge is 2.13. The third-order valence-electron chi connectivity index (χ3n) is 2.06. The van der Waals surface area contributed by atoms with Gasteiger partial charge in [-0.2, -0.15) is 0 Å². The Morgan fingerprint density at radius 3 is 2.08 bits per heavy atom. The van der Waals surface area contributed by atoms with Gasteiger partial charge < -0.3 is 0 Å². The highest BCUT2D eigenvalue weighted by Crippen LogP contribution is 2.24. The monoisotopic (exact) mass is 346 g/mol. The molecule has 0 saturated carbocycles. The molecule has 0 amide bonds. The zero-order chi connectivity index (χ0) is 9.40. The molecule has 74 valence electrons. The molecule has 2 atom stereocenters. The summed E-state index contributed by atoms with van der Waals surface area (Å²) in [6.45, 7) is 4.52. The molecular weight excluding hydrogens is 327 g/mol. The molecule has 12 heavy (non-hydrogen) atoms. The van der Waals surface area contributed by atoms with Crippen molar-refractivity contribution < 1.29 is 0 Å². The molecule has 0 aromatic carbocycles. The molecule has 0 rings (SSSR count). The number of unbranched alkanes of at least 4 members (excludes halogenated alkanes) is 2. The summed E-state index contributed by atoms with van der Waals surface area (Å²) in [5.74, 6) is 0. The van der Waals surface area contributed by atoms with Crippen LogP contribution in [0.3, 0.4) is 0 Å². The van der Waals surface area contributed by atoms with Crippen molar-refractivity contribution in [1.29, 1.82) is 0 Å². The van der Waals surface area contributed by atoms with Gasteiger partial charge in [-0.05, 0) is 12.8 Å². The fourth-order valence-electron chi connectivity index (χ4n) is 1.16. The number of hydrogen-bond donors (Lipinski definition) is 0. The Morgan fingerprint density at radius 1 is 1.08 bits per heavy atom. The minimum Gasteiger partial charge on any atom is -0.0879 e. The van der Waals surface area contributed by atoms with Crippen LogP contribution in [0.25, 0.3) is 0 Å². The molecule has 0 aliphatic rings.